The van der Waals surface area contributed by atoms with Crippen molar-refractivity contribution in [2.45, 2.75) is 32.2 Å². The lowest BCUT2D eigenvalue weighted by molar-refractivity contribution is 0.0411. The minimum absolute atomic E-state index is 0.0127. The molecule has 6 heteroatoms. The van der Waals surface area contributed by atoms with Crippen LogP contribution in [0.2, 0.25) is 0 Å². The Kier molecular flexibility index (Phi) is 4.29. The van der Waals surface area contributed by atoms with Gasteiger partial charge in [0.1, 0.15) is 5.69 Å². The maximum Gasteiger partial charge on any atom is 0.273 e. The third-order valence-electron chi connectivity index (χ3n) is 5.17. The molecule has 2 aliphatic rings. The van der Waals surface area contributed by atoms with Crippen LogP contribution in [0.1, 0.15) is 45.3 Å². The fraction of sp³-hybridized carbons (Fsp3) is 0.421. The number of benzene rings is 1. The van der Waals surface area contributed by atoms with E-state index in [4.69, 9.17) is 0 Å². The van der Waals surface area contributed by atoms with E-state index in [1.807, 2.05) is 22.8 Å². The highest BCUT2D eigenvalue weighted by atomic mass is 32.1. The Balaban J connectivity index is 1.45. The monoisotopic (exact) mass is 355 g/mol. The highest BCUT2D eigenvalue weighted by molar-refractivity contribution is 7.07. The highest BCUT2D eigenvalue weighted by Crippen LogP contribution is 2.24. The Morgan fingerprint density at radius 2 is 2.00 bits per heavy atom. The molecule has 0 bridgehead atoms. The Hall–Kier alpha value is -2.21. The lowest BCUT2D eigenvalue weighted by atomic mass is 10.0. The number of thiazole rings is 1. The molecule has 5 nitrogen and oxygen atoms in total. The average molecular weight is 355 g/mol. The normalized spacial score (nSPS) is 19.8. The third kappa shape index (κ3) is 3.06. The van der Waals surface area contributed by atoms with Gasteiger partial charge in [0.15, 0.2) is 0 Å². The van der Waals surface area contributed by atoms with Gasteiger partial charge in [-0.3, -0.25) is 9.59 Å². The predicted octanol–water partition coefficient (Wildman–Crippen LogP) is 2.62. The second-order valence-corrected chi connectivity index (χ2v) is 7.53. The van der Waals surface area contributed by atoms with Crippen LogP contribution in [-0.4, -0.2) is 52.3 Å². The lowest BCUT2D eigenvalue weighted by Gasteiger charge is -2.39. The van der Waals surface area contributed by atoms with E-state index in [-0.39, 0.29) is 17.9 Å². The fourth-order valence-electron chi connectivity index (χ4n) is 3.80. The van der Waals surface area contributed by atoms with Gasteiger partial charge in [-0.05, 0) is 49.4 Å². The van der Waals surface area contributed by atoms with Crippen molar-refractivity contribution < 1.29 is 9.59 Å². The zero-order valence-corrected chi connectivity index (χ0v) is 15.1. The van der Waals surface area contributed by atoms with Crippen LogP contribution in [0.3, 0.4) is 0 Å². The molecule has 2 heterocycles. The molecule has 0 saturated carbocycles. The number of fused-ring (bicyclic) bond motifs is 1. The summed E-state index contributed by atoms with van der Waals surface area (Å²) in [5, 5.41) is 1.77. The zero-order chi connectivity index (χ0) is 17.4. The predicted molar refractivity (Wildman–Crippen MR) is 97.0 cm³/mol. The summed E-state index contributed by atoms with van der Waals surface area (Å²) in [6, 6.07) is 6.09. The van der Waals surface area contributed by atoms with Crippen molar-refractivity contribution in [1.29, 1.82) is 0 Å². The molecule has 130 valence electrons. The Labute approximate surface area is 151 Å². The number of amides is 2. The van der Waals surface area contributed by atoms with E-state index in [1.54, 1.807) is 10.9 Å². The quantitative estimate of drug-likeness (QED) is 0.832. The first kappa shape index (κ1) is 16.3. The van der Waals surface area contributed by atoms with E-state index >= 15 is 0 Å². The first-order valence-electron chi connectivity index (χ1n) is 8.73. The first-order valence-corrected chi connectivity index (χ1v) is 9.68. The number of carbonyl (C=O) groups excluding carboxylic acids is 2. The summed E-state index contributed by atoms with van der Waals surface area (Å²) < 4.78 is 0. The Morgan fingerprint density at radius 3 is 2.76 bits per heavy atom. The van der Waals surface area contributed by atoms with Crippen molar-refractivity contribution in [2.24, 2.45) is 0 Å². The van der Waals surface area contributed by atoms with Gasteiger partial charge in [0.2, 0.25) is 0 Å². The number of aromatic nitrogens is 1. The van der Waals surface area contributed by atoms with Gasteiger partial charge in [-0.25, -0.2) is 4.98 Å². The Morgan fingerprint density at radius 1 is 1.16 bits per heavy atom. The molecule has 2 aromatic rings. The second kappa shape index (κ2) is 6.59. The van der Waals surface area contributed by atoms with Crippen molar-refractivity contribution in [3.63, 3.8) is 0 Å². The Bertz CT molecular complexity index is 803. The van der Waals surface area contributed by atoms with Gasteiger partial charge in [0.25, 0.3) is 11.8 Å². The van der Waals surface area contributed by atoms with E-state index in [0.717, 1.165) is 18.4 Å². The minimum atomic E-state index is -0.0432. The number of carbonyl (C=O) groups is 2. The van der Waals surface area contributed by atoms with E-state index < -0.39 is 0 Å². The van der Waals surface area contributed by atoms with Crippen LogP contribution in [0.4, 0.5) is 0 Å². The van der Waals surface area contributed by atoms with Crippen molar-refractivity contribution >= 4 is 23.2 Å². The molecule has 1 atom stereocenters. The number of piperazine rings is 1. The molecule has 1 aliphatic heterocycles. The summed E-state index contributed by atoms with van der Waals surface area (Å²) in [6.45, 7) is 3.67. The van der Waals surface area contributed by atoms with Gasteiger partial charge >= 0.3 is 0 Å². The molecular formula is C19H21N3O2S. The van der Waals surface area contributed by atoms with Crippen LogP contribution in [-0.2, 0) is 12.8 Å². The SMILES string of the molecule is C[C@H]1CN(C(=O)c2ccc3c(c2)CCC3)CCN1C(=O)c1cscn1. The largest absolute Gasteiger partial charge is 0.335 e. The molecule has 1 saturated heterocycles. The third-order valence-corrected chi connectivity index (χ3v) is 5.76. The zero-order valence-electron chi connectivity index (χ0n) is 14.3. The van der Waals surface area contributed by atoms with Crippen molar-refractivity contribution in [3.8, 4) is 0 Å². The highest BCUT2D eigenvalue weighted by Gasteiger charge is 2.31. The molecule has 2 amide bonds. The molecule has 4 rings (SSSR count). The molecule has 0 N–H and O–H groups in total. The molecule has 1 fully saturated rings. The van der Waals surface area contributed by atoms with Crippen molar-refractivity contribution in [2.75, 3.05) is 19.6 Å². The van der Waals surface area contributed by atoms with Crippen molar-refractivity contribution in [3.05, 3.63) is 51.5 Å². The number of nitrogens with zero attached hydrogens (tertiary/aromatic N) is 3. The van der Waals surface area contributed by atoms with Gasteiger partial charge in [-0.2, -0.15) is 0 Å². The second-order valence-electron chi connectivity index (χ2n) is 6.81. The van der Waals surface area contributed by atoms with Crippen LogP contribution in [0.5, 0.6) is 0 Å². The number of aryl methyl sites for hydroxylation is 2. The topological polar surface area (TPSA) is 53.5 Å². The molecular weight excluding hydrogens is 334 g/mol. The summed E-state index contributed by atoms with van der Waals surface area (Å²) >= 11 is 1.42. The molecule has 1 aromatic heterocycles. The first-order chi connectivity index (χ1) is 12.1. The number of hydrogen-bond acceptors (Lipinski definition) is 4. The van der Waals surface area contributed by atoms with Gasteiger partial charge in [-0.15, -0.1) is 11.3 Å². The van der Waals surface area contributed by atoms with Gasteiger partial charge < -0.3 is 9.80 Å². The molecule has 25 heavy (non-hydrogen) atoms. The molecule has 0 radical (unpaired) electrons. The van der Waals surface area contributed by atoms with E-state index in [1.165, 1.54) is 28.9 Å². The van der Waals surface area contributed by atoms with E-state index in [2.05, 4.69) is 17.1 Å². The van der Waals surface area contributed by atoms with Crippen LogP contribution < -0.4 is 0 Å². The van der Waals surface area contributed by atoms with Crippen molar-refractivity contribution in [1.82, 2.24) is 14.8 Å². The van der Waals surface area contributed by atoms with Crippen LogP contribution in [0.15, 0.2) is 29.1 Å². The van der Waals surface area contributed by atoms with E-state index in [9.17, 15) is 9.59 Å². The summed E-state index contributed by atoms with van der Waals surface area (Å²) in [7, 11) is 0. The van der Waals surface area contributed by atoms with Gasteiger partial charge in [0, 0.05) is 36.6 Å². The maximum atomic E-state index is 12.9. The molecule has 1 aliphatic carbocycles. The molecule has 0 spiro atoms. The van der Waals surface area contributed by atoms with Crippen LogP contribution in [0, 0.1) is 0 Å². The smallest absolute Gasteiger partial charge is 0.273 e. The summed E-state index contributed by atoms with van der Waals surface area (Å²) in [5.74, 6) is 0.0284. The number of hydrogen-bond donors (Lipinski definition) is 0. The standard InChI is InChI=1S/C19H21N3O2S/c1-13-10-21(7-8-22(13)19(24)17-11-25-12-20-17)18(23)16-6-5-14-3-2-4-15(14)9-16/h5-6,9,11-13H,2-4,7-8,10H2,1H3/t13-/m0/s1. The molecule has 1 aromatic carbocycles. The van der Waals surface area contributed by atoms with Crippen LogP contribution >= 0.6 is 11.3 Å². The lowest BCUT2D eigenvalue weighted by Crippen LogP contribution is -2.55. The average Bonchev–Trinajstić information content (AvgIpc) is 3.31. The maximum absolute atomic E-state index is 12.9. The van der Waals surface area contributed by atoms with Crippen LogP contribution in [0.25, 0.3) is 0 Å². The van der Waals surface area contributed by atoms with Gasteiger partial charge in [0.05, 0.1) is 5.51 Å². The van der Waals surface area contributed by atoms with E-state index in [0.29, 0.717) is 25.3 Å². The minimum Gasteiger partial charge on any atom is -0.335 e. The summed E-state index contributed by atoms with van der Waals surface area (Å²) in [4.78, 5) is 33.2. The van der Waals surface area contributed by atoms with Gasteiger partial charge in [-0.1, -0.05) is 6.07 Å². The number of rotatable bonds is 2. The molecule has 0 unspecified atom stereocenters. The summed E-state index contributed by atoms with van der Waals surface area (Å²) in [6.07, 6.45) is 3.38. The summed E-state index contributed by atoms with van der Waals surface area (Å²) in [5.41, 5.74) is 5.63. The fourth-order valence-corrected chi connectivity index (χ4v) is 4.32.